The second-order valence-corrected chi connectivity index (χ2v) is 10.5. The molecule has 5 atom stereocenters. The predicted octanol–water partition coefficient (Wildman–Crippen LogP) is 4.36. The molecule has 6 rings (SSSR count). The van der Waals surface area contributed by atoms with Gasteiger partial charge in [-0.15, -0.1) is 0 Å². The SMILES string of the molecule is CC1CCC(C(=O)N2CCCC2c2ccc3c(c2)OCCCO3)C2C(=O)N(c3ccccc3)C(=O)C12. The topological polar surface area (TPSA) is 76.2 Å². The average Bonchev–Trinajstić information content (AvgIpc) is 3.39. The number of hydrogen-bond donors (Lipinski definition) is 0. The van der Waals surface area contributed by atoms with Crippen molar-refractivity contribution in [1.29, 1.82) is 0 Å². The molecule has 2 saturated heterocycles. The van der Waals surface area contributed by atoms with Gasteiger partial charge in [-0.05, 0) is 61.4 Å². The molecule has 3 amide bonds. The maximum Gasteiger partial charge on any atom is 0.238 e. The fraction of sp³-hybridized carbons (Fsp3) is 0.483. The highest BCUT2D eigenvalue weighted by Crippen LogP contribution is 2.48. The zero-order valence-corrected chi connectivity index (χ0v) is 20.6. The Labute approximate surface area is 211 Å². The van der Waals surface area contributed by atoms with Crippen molar-refractivity contribution in [3.8, 4) is 11.5 Å². The number of carbonyl (C=O) groups excluding carboxylic acids is 3. The predicted molar refractivity (Wildman–Crippen MR) is 134 cm³/mol. The van der Waals surface area contributed by atoms with Gasteiger partial charge in [0.2, 0.25) is 17.7 Å². The number of para-hydroxylation sites is 1. The molecule has 0 bridgehead atoms. The number of nitrogens with zero attached hydrogens (tertiary/aromatic N) is 2. The summed E-state index contributed by atoms with van der Waals surface area (Å²) < 4.78 is 11.7. The maximum atomic E-state index is 14.1. The highest BCUT2D eigenvalue weighted by atomic mass is 16.5. The van der Waals surface area contributed by atoms with Crippen LogP contribution in [-0.2, 0) is 14.4 Å². The van der Waals surface area contributed by atoms with Gasteiger partial charge >= 0.3 is 0 Å². The largest absolute Gasteiger partial charge is 0.490 e. The number of hydrogen-bond acceptors (Lipinski definition) is 5. The number of amides is 3. The average molecular weight is 489 g/mol. The number of carbonyl (C=O) groups is 3. The molecule has 2 aromatic rings. The highest BCUT2D eigenvalue weighted by Gasteiger charge is 2.57. The van der Waals surface area contributed by atoms with Gasteiger partial charge in [0.15, 0.2) is 11.5 Å². The summed E-state index contributed by atoms with van der Waals surface area (Å²) in [6.45, 7) is 3.94. The van der Waals surface area contributed by atoms with E-state index in [4.69, 9.17) is 9.47 Å². The Bertz CT molecular complexity index is 1180. The standard InChI is InChI=1S/C29H32N2O5/c1-18-10-12-21(26-25(18)28(33)31(29(26)34)20-7-3-2-4-8-20)27(32)30-14-5-9-22(30)19-11-13-23-24(17-19)36-16-6-15-35-23/h2-4,7-8,11,13,17-18,21-22,25-26H,5-6,9-10,12,14-16H2,1H3. The minimum absolute atomic E-state index is 0.00238. The molecule has 3 heterocycles. The molecular weight excluding hydrogens is 456 g/mol. The van der Waals surface area contributed by atoms with Crippen LogP contribution >= 0.6 is 0 Å². The summed E-state index contributed by atoms with van der Waals surface area (Å²) in [5, 5.41) is 0. The van der Waals surface area contributed by atoms with Crippen molar-refractivity contribution in [1.82, 2.24) is 4.90 Å². The summed E-state index contributed by atoms with van der Waals surface area (Å²) >= 11 is 0. The molecule has 0 aromatic heterocycles. The van der Waals surface area contributed by atoms with Crippen LogP contribution in [0.2, 0.25) is 0 Å². The molecule has 4 aliphatic rings. The van der Waals surface area contributed by atoms with Crippen LogP contribution in [-0.4, -0.2) is 42.4 Å². The van der Waals surface area contributed by atoms with E-state index in [1.807, 2.05) is 48.2 Å². The van der Waals surface area contributed by atoms with Gasteiger partial charge in [-0.1, -0.05) is 31.2 Å². The number of rotatable bonds is 3. The molecular formula is C29H32N2O5. The lowest BCUT2D eigenvalue weighted by Crippen LogP contribution is -2.45. The van der Waals surface area contributed by atoms with Crippen LogP contribution in [0.5, 0.6) is 11.5 Å². The van der Waals surface area contributed by atoms with Crippen LogP contribution in [0.15, 0.2) is 48.5 Å². The lowest BCUT2D eigenvalue weighted by molar-refractivity contribution is -0.145. The Kier molecular flexibility index (Phi) is 5.94. The smallest absolute Gasteiger partial charge is 0.238 e. The molecule has 0 N–H and O–H groups in total. The normalized spacial score (nSPS) is 29.8. The third-order valence-corrected chi connectivity index (χ3v) is 8.40. The van der Waals surface area contributed by atoms with Crippen LogP contribution in [0.4, 0.5) is 5.69 Å². The van der Waals surface area contributed by atoms with E-state index in [0.29, 0.717) is 31.9 Å². The lowest BCUT2D eigenvalue weighted by Gasteiger charge is -2.37. The molecule has 2 aromatic carbocycles. The molecule has 3 fully saturated rings. The molecule has 188 valence electrons. The molecule has 0 radical (unpaired) electrons. The van der Waals surface area contributed by atoms with Crippen molar-refractivity contribution in [3.05, 3.63) is 54.1 Å². The minimum atomic E-state index is -0.598. The van der Waals surface area contributed by atoms with Gasteiger partial charge in [-0.25, -0.2) is 0 Å². The number of likely N-dealkylation sites (tertiary alicyclic amines) is 1. The lowest BCUT2D eigenvalue weighted by atomic mass is 9.67. The third-order valence-electron chi connectivity index (χ3n) is 8.40. The van der Waals surface area contributed by atoms with Crippen LogP contribution in [0.3, 0.4) is 0 Å². The van der Waals surface area contributed by atoms with E-state index in [2.05, 4.69) is 0 Å². The van der Waals surface area contributed by atoms with Crippen LogP contribution in [0.25, 0.3) is 0 Å². The van der Waals surface area contributed by atoms with Gasteiger partial charge in [-0.3, -0.25) is 19.3 Å². The summed E-state index contributed by atoms with van der Waals surface area (Å²) in [5.41, 5.74) is 1.62. The highest BCUT2D eigenvalue weighted by molar-refractivity contribution is 6.23. The Morgan fingerprint density at radius 1 is 0.861 bits per heavy atom. The van der Waals surface area contributed by atoms with Gasteiger partial charge in [0, 0.05) is 13.0 Å². The molecule has 3 aliphatic heterocycles. The first-order valence-corrected chi connectivity index (χ1v) is 13.2. The minimum Gasteiger partial charge on any atom is -0.490 e. The first-order chi connectivity index (χ1) is 17.5. The van der Waals surface area contributed by atoms with E-state index in [0.717, 1.165) is 42.7 Å². The van der Waals surface area contributed by atoms with E-state index >= 15 is 0 Å². The third kappa shape index (κ3) is 3.76. The first-order valence-electron chi connectivity index (χ1n) is 13.2. The van der Waals surface area contributed by atoms with Crippen molar-refractivity contribution in [2.24, 2.45) is 23.7 Å². The summed E-state index contributed by atoms with van der Waals surface area (Å²) in [6.07, 6.45) is 4.01. The Morgan fingerprint density at radius 3 is 2.42 bits per heavy atom. The van der Waals surface area contributed by atoms with Gasteiger partial charge < -0.3 is 14.4 Å². The molecule has 0 spiro atoms. The maximum absolute atomic E-state index is 14.1. The van der Waals surface area contributed by atoms with Crippen LogP contribution in [0.1, 0.15) is 50.6 Å². The van der Waals surface area contributed by atoms with Gasteiger partial charge in [0.25, 0.3) is 0 Å². The number of anilines is 1. The Hall–Kier alpha value is -3.35. The van der Waals surface area contributed by atoms with Crippen molar-refractivity contribution in [3.63, 3.8) is 0 Å². The Balaban J connectivity index is 1.28. The van der Waals surface area contributed by atoms with E-state index in [9.17, 15) is 14.4 Å². The summed E-state index contributed by atoms with van der Waals surface area (Å²) in [5.74, 6) is -0.369. The van der Waals surface area contributed by atoms with Gasteiger partial charge in [0.05, 0.1) is 42.7 Å². The van der Waals surface area contributed by atoms with Gasteiger partial charge in [-0.2, -0.15) is 0 Å². The van der Waals surface area contributed by atoms with E-state index < -0.39 is 17.8 Å². The second kappa shape index (κ2) is 9.26. The fourth-order valence-electron chi connectivity index (χ4n) is 6.62. The molecule has 7 heteroatoms. The summed E-state index contributed by atoms with van der Waals surface area (Å²) in [6, 6.07) is 15.0. The Morgan fingerprint density at radius 2 is 1.61 bits per heavy atom. The second-order valence-electron chi connectivity index (χ2n) is 10.5. The molecule has 1 aliphatic carbocycles. The number of imide groups is 1. The van der Waals surface area contributed by atoms with E-state index in [1.54, 1.807) is 12.1 Å². The summed E-state index contributed by atoms with van der Waals surface area (Å²) in [4.78, 5) is 44.5. The molecule has 36 heavy (non-hydrogen) atoms. The summed E-state index contributed by atoms with van der Waals surface area (Å²) in [7, 11) is 0. The fourth-order valence-corrected chi connectivity index (χ4v) is 6.62. The van der Waals surface area contributed by atoms with E-state index in [-0.39, 0.29) is 29.7 Å². The first kappa shape index (κ1) is 23.1. The van der Waals surface area contributed by atoms with Crippen molar-refractivity contribution >= 4 is 23.4 Å². The van der Waals surface area contributed by atoms with Crippen molar-refractivity contribution in [2.75, 3.05) is 24.7 Å². The number of ether oxygens (including phenoxy) is 2. The van der Waals surface area contributed by atoms with Gasteiger partial charge in [0.1, 0.15) is 0 Å². The quantitative estimate of drug-likeness (QED) is 0.600. The zero-order valence-electron chi connectivity index (χ0n) is 20.6. The monoisotopic (exact) mass is 488 g/mol. The number of fused-ring (bicyclic) bond motifs is 2. The molecule has 5 unspecified atom stereocenters. The van der Waals surface area contributed by atoms with Crippen molar-refractivity contribution in [2.45, 2.75) is 45.1 Å². The number of benzene rings is 2. The van der Waals surface area contributed by atoms with Crippen LogP contribution < -0.4 is 14.4 Å². The molecule has 7 nitrogen and oxygen atoms in total. The molecule has 1 saturated carbocycles. The van der Waals surface area contributed by atoms with Crippen molar-refractivity contribution < 1.29 is 23.9 Å². The zero-order chi connectivity index (χ0) is 24.8. The van der Waals surface area contributed by atoms with Crippen LogP contribution in [0, 0.1) is 23.7 Å². The van der Waals surface area contributed by atoms with E-state index in [1.165, 1.54) is 4.90 Å².